The SMILES string of the molecule is CN(C)[C@@H]1C(O)=C(C(N)=O)C(=O)[C@@]2(O)C(O)=C3C(=O)c4c(O)ccc(-c5ccc(CO)c6ccccc56)c4C[C@H]3C[C@@H]12. The molecule has 0 unspecified atom stereocenters. The van der Waals surface area contributed by atoms with Crippen LogP contribution < -0.4 is 5.73 Å². The van der Waals surface area contributed by atoms with Gasteiger partial charge in [-0.05, 0) is 71.9 Å². The highest BCUT2D eigenvalue weighted by Gasteiger charge is 2.63. The molecule has 0 bridgehead atoms. The molecule has 0 heterocycles. The number of ketones is 2. The average molecular weight is 571 g/mol. The van der Waals surface area contributed by atoms with Crippen LogP contribution in [0.1, 0.15) is 27.9 Å². The number of Topliss-reactive ketones (excluding diaryl/α,β-unsaturated/α-hetero) is 2. The number of likely N-dealkylation sites (N-methyl/N-ethyl adjacent to an activating group) is 1. The van der Waals surface area contributed by atoms with Crippen molar-refractivity contribution in [3.63, 3.8) is 0 Å². The predicted molar refractivity (Wildman–Crippen MR) is 153 cm³/mol. The number of aliphatic hydroxyl groups is 4. The molecule has 1 amide bonds. The second-order valence-electron chi connectivity index (χ2n) is 11.4. The molecule has 0 aromatic heterocycles. The number of fused-ring (bicyclic) bond motifs is 4. The molecule has 3 aromatic rings. The summed E-state index contributed by atoms with van der Waals surface area (Å²) < 4.78 is 0. The maximum Gasteiger partial charge on any atom is 0.255 e. The van der Waals surface area contributed by atoms with Gasteiger partial charge in [0.15, 0.2) is 11.4 Å². The zero-order chi connectivity index (χ0) is 30.2. The van der Waals surface area contributed by atoms with Crippen molar-refractivity contribution in [2.75, 3.05) is 14.1 Å². The Morgan fingerprint density at radius 3 is 2.31 bits per heavy atom. The number of nitrogens with two attached hydrogens (primary N) is 1. The lowest BCUT2D eigenvalue weighted by molar-refractivity contribution is -0.148. The van der Waals surface area contributed by atoms with Crippen molar-refractivity contribution in [2.24, 2.45) is 17.6 Å². The number of carbonyl (C=O) groups excluding carboxylic acids is 3. The minimum Gasteiger partial charge on any atom is -0.510 e. The molecular formula is C32H30N2O8. The van der Waals surface area contributed by atoms with E-state index in [2.05, 4.69) is 0 Å². The van der Waals surface area contributed by atoms with Crippen LogP contribution in [0.3, 0.4) is 0 Å². The average Bonchev–Trinajstić information content (AvgIpc) is 2.94. The van der Waals surface area contributed by atoms with E-state index in [4.69, 9.17) is 5.73 Å². The van der Waals surface area contributed by atoms with E-state index in [1.54, 1.807) is 26.2 Å². The number of aromatic hydroxyl groups is 1. The lowest BCUT2D eigenvalue weighted by Crippen LogP contribution is -2.63. The molecule has 3 aromatic carbocycles. The largest absolute Gasteiger partial charge is 0.510 e. The first-order chi connectivity index (χ1) is 19.9. The van der Waals surface area contributed by atoms with Gasteiger partial charge in [0, 0.05) is 11.5 Å². The van der Waals surface area contributed by atoms with Crippen LogP contribution in [0.15, 0.2) is 71.2 Å². The van der Waals surface area contributed by atoms with E-state index in [9.17, 15) is 39.9 Å². The number of nitrogens with zero attached hydrogens (tertiary/aromatic N) is 1. The summed E-state index contributed by atoms with van der Waals surface area (Å²) in [4.78, 5) is 41.2. The lowest BCUT2D eigenvalue weighted by atomic mass is 9.58. The molecule has 3 aliphatic carbocycles. The van der Waals surface area contributed by atoms with E-state index in [0.29, 0.717) is 11.1 Å². The van der Waals surface area contributed by atoms with Crippen LogP contribution in [0, 0.1) is 11.8 Å². The minimum atomic E-state index is -2.69. The smallest absolute Gasteiger partial charge is 0.255 e. The third-order valence-corrected chi connectivity index (χ3v) is 9.08. The van der Waals surface area contributed by atoms with Gasteiger partial charge in [-0.1, -0.05) is 42.5 Å². The van der Waals surface area contributed by atoms with Gasteiger partial charge >= 0.3 is 0 Å². The van der Waals surface area contributed by atoms with Gasteiger partial charge in [0.25, 0.3) is 5.91 Å². The second kappa shape index (κ2) is 9.52. The van der Waals surface area contributed by atoms with E-state index in [1.807, 2.05) is 30.3 Å². The first-order valence-electron chi connectivity index (χ1n) is 13.5. The van der Waals surface area contributed by atoms with E-state index in [-0.39, 0.29) is 36.3 Å². The summed E-state index contributed by atoms with van der Waals surface area (Å²) in [7, 11) is 3.18. The zero-order valence-electron chi connectivity index (χ0n) is 23.0. The Labute approximate surface area is 240 Å². The highest BCUT2D eigenvalue weighted by atomic mass is 16.3. The number of rotatable bonds is 4. The normalized spacial score (nSPS) is 25.5. The fraction of sp³-hybridized carbons (Fsp3) is 0.281. The Kier molecular flexibility index (Phi) is 6.27. The van der Waals surface area contributed by atoms with Gasteiger partial charge in [-0.15, -0.1) is 0 Å². The van der Waals surface area contributed by atoms with Crippen LogP contribution in [-0.2, 0) is 22.6 Å². The van der Waals surface area contributed by atoms with Gasteiger partial charge in [0.05, 0.1) is 18.2 Å². The van der Waals surface area contributed by atoms with Crippen molar-refractivity contribution in [3.05, 3.63) is 87.9 Å². The molecular weight excluding hydrogens is 540 g/mol. The molecule has 216 valence electrons. The predicted octanol–water partition coefficient (Wildman–Crippen LogP) is 2.43. The van der Waals surface area contributed by atoms with Gasteiger partial charge in [-0.3, -0.25) is 19.3 Å². The number of phenols is 1. The van der Waals surface area contributed by atoms with Crippen molar-refractivity contribution in [1.29, 1.82) is 0 Å². The Balaban J connectivity index is 1.57. The molecule has 10 nitrogen and oxygen atoms in total. The highest BCUT2D eigenvalue weighted by molar-refractivity contribution is 6.25. The third kappa shape index (κ3) is 3.59. The number of primary amides is 1. The van der Waals surface area contributed by atoms with Gasteiger partial charge in [0.2, 0.25) is 5.78 Å². The first kappa shape index (κ1) is 27.6. The second-order valence-corrected chi connectivity index (χ2v) is 11.4. The molecule has 6 rings (SSSR count). The molecule has 4 atom stereocenters. The maximum atomic E-state index is 14.1. The van der Waals surface area contributed by atoms with Crippen molar-refractivity contribution < 1.29 is 39.9 Å². The summed E-state index contributed by atoms with van der Waals surface area (Å²) in [5.41, 5.74) is 4.34. The third-order valence-electron chi connectivity index (χ3n) is 9.08. The summed E-state index contributed by atoms with van der Waals surface area (Å²) in [5, 5.41) is 56.7. The summed E-state index contributed by atoms with van der Waals surface area (Å²) in [6, 6.07) is 13.2. The van der Waals surface area contributed by atoms with Crippen LogP contribution in [0.4, 0.5) is 0 Å². The fourth-order valence-electron chi connectivity index (χ4n) is 7.24. The van der Waals surface area contributed by atoms with Gasteiger partial charge in [0.1, 0.15) is 22.8 Å². The molecule has 0 fully saturated rings. The molecule has 0 radical (unpaired) electrons. The molecule has 0 aliphatic heterocycles. The molecule has 0 spiro atoms. The number of aliphatic hydroxyl groups excluding tert-OH is 3. The summed E-state index contributed by atoms with van der Waals surface area (Å²) in [6.07, 6.45) is 0.180. The Bertz CT molecular complexity index is 1790. The van der Waals surface area contributed by atoms with Crippen molar-refractivity contribution >= 4 is 28.2 Å². The van der Waals surface area contributed by atoms with Crippen LogP contribution >= 0.6 is 0 Å². The highest BCUT2D eigenvalue weighted by Crippen LogP contribution is 2.53. The van der Waals surface area contributed by atoms with Crippen LogP contribution in [0.25, 0.3) is 21.9 Å². The lowest BCUT2D eigenvalue weighted by Gasteiger charge is -2.50. The number of hydrogen-bond acceptors (Lipinski definition) is 9. The number of phenolic OH excluding ortho intramolecular Hbond substituents is 1. The number of carbonyl (C=O) groups is 3. The quantitative estimate of drug-likeness (QED) is 0.257. The minimum absolute atomic E-state index is 0.00502. The van der Waals surface area contributed by atoms with E-state index in [0.717, 1.165) is 21.9 Å². The Morgan fingerprint density at radius 2 is 1.67 bits per heavy atom. The number of amides is 1. The monoisotopic (exact) mass is 570 g/mol. The van der Waals surface area contributed by atoms with Gasteiger partial charge < -0.3 is 31.3 Å². The van der Waals surface area contributed by atoms with Crippen molar-refractivity contribution in [2.45, 2.75) is 31.1 Å². The van der Waals surface area contributed by atoms with Crippen LogP contribution in [0.2, 0.25) is 0 Å². The van der Waals surface area contributed by atoms with E-state index >= 15 is 0 Å². The molecule has 7 N–H and O–H groups in total. The fourth-order valence-corrected chi connectivity index (χ4v) is 7.24. The van der Waals surface area contributed by atoms with Crippen molar-refractivity contribution in [3.8, 4) is 16.9 Å². The Morgan fingerprint density at radius 1 is 1.00 bits per heavy atom. The van der Waals surface area contributed by atoms with E-state index in [1.165, 1.54) is 11.0 Å². The molecule has 3 aliphatic rings. The molecule has 10 heteroatoms. The number of benzene rings is 3. The van der Waals surface area contributed by atoms with Crippen LogP contribution in [-0.4, -0.2) is 73.6 Å². The van der Waals surface area contributed by atoms with Crippen LogP contribution in [0.5, 0.6) is 5.75 Å². The summed E-state index contributed by atoms with van der Waals surface area (Å²) in [6.45, 7) is -0.155. The number of allylic oxidation sites excluding steroid dienone is 1. The summed E-state index contributed by atoms with van der Waals surface area (Å²) in [5.74, 6) is -6.89. The van der Waals surface area contributed by atoms with E-state index < -0.39 is 58.0 Å². The topological polar surface area (TPSA) is 182 Å². The number of hydrogen-bond donors (Lipinski definition) is 6. The molecule has 0 saturated carbocycles. The molecule has 42 heavy (non-hydrogen) atoms. The van der Waals surface area contributed by atoms with Gasteiger partial charge in [-0.25, -0.2) is 0 Å². The van der Waals surface area contributed by atoms with Crippen molar-refractivity contribution in [1.82, 2.24) is 4.90 Å². The summed E-state index contributed by atoms with van der Waals surface area (Å²) >= 11 is 0. The van der Waals surface area contributed by atoms with Gasteiger partial charge in [-0.2, -0.15) is 0 Å². The zero-order valence-corrected chi connectivity index (χ0v) is 23.0. The maximum absolute atomic E-state index is 14.1. The standard InChI is InChI=1S/C32H30N2O8/c1-34(2)26-21-12-15-11-20-19(18-8-7-14(13-35)16-5-3-4-6-17(16)18)9-10-22(36)24(20)27(37)23(15)29(39)32(21,42)30(40)25(28(26)38)31(33)41/h3-10,15,21,26,35-36,38-39,42H,11-13H2,1-2H3,(H2,33,41)/t15-,21-,26-,32-/m0/s1. The molecule has 0 saturated heterocycles. The Hall–Kier alpha value is -4.51. The first-order valence-corrected chi connectivity index (χ1v) is 13.5.